The second-order valence-corrected chi connectivity index (χ2v) is 7.44. The second kappa shape index (κ2) is 8.75. The zero-order valence-electron chi connectivity index (χ0n) is 17.7. The largest absolute Gasteiger partial charge is 0.506 e. The molecule has 0 radical (unpaired) electrons. The van der Waals surface area contributed by atoms with Gasteiger partial charge in [0.05, 0.1) is 6.54 Å². The smallest absolute Gasteiger partial charge is 0.433 e. The van der Waals surface area contributed by atoms with Gasteiger partial charge in [0, 0.05) is 23.1 Å². The molecule has 0 fully saturated rings. The molecular weight excluding hydrogens is 456 g/mol. The van der Waals surface area contributed by atoms with Gasteiger partial charge in [-0.15, -0.1) is 0 Å². The topological polar surface area (TPSA) is 114 Å². The Balaban J connectivity index is 1.70. The lowest BCUT2D eigenvalue weighted by atomic mass is 10.1. The zero-order valence-corrected chi connectivity index (χ0v) is 17.7. The number of carbonyl (C=O) groups excluding carboxylic acids is 1. The number of nitrogens with zero attached hydrogens (tertiary/aromatic N) is 2. The molecule has 0 spiro atoms. The van der Waals surface area contributed by atoms with E-state index in [9.17, 15) is 27.5 Å². The molecule has 0 aliphatic rings. The van der Waals surface area contributed by atoms with Crippen molar-refractivity contribution in [3.63, 3.8) is 0 Å². The number of phenols is 1. The van der Waals surface area contributed by atoms with Crippen molar-refractivity contribution in [2.45, 2.75) is 26.2 Å². The van der Waals surface area contributed by atoms with Crippen molar-refractivity contribution in [1.29, 1.82) is 0 Å². The van der Waals surface area contributed by atoms with Crippen LogP contribution in [-0.2, 0) is 19.3 Å². The summed E-state index contributed by atoms with van der Waals surface area (Å²) >= 11 is 0. The van der Waals surface area contributed by atoms with Crippen LogP contribution in [0.4, 0.5) is 17.6 Å². The highest BCUT2D eigenvalue weighted by molar-refractivity contribution is 5.98. The van der Waals surface area contributed by atoms with Gasteiger partial charge in [-0.2, -0.15) is 13.2 Å². The van der Waals surface area contributed by atoms with Gasteiger partial charge in [0.2, 0.25) is 5.89 Å². The van der Waals surface area contributed by atoms with E-state index in [1.54, 1.807) is 19.1 Å². The van der Waals surface area contributed by atoms with Gasteiger partial charge >= 0.3 is 6.18 Å². The van der Waals surface area contributed by atoms with Crippen molar-refractivity contribution in [3.05, 3.63) is 76.6 Å². The summed E-state index contributed by atoms with van der Waals surface area (Å²) in [6.45, 7) is 1.41. The molecule has 0 aliphatic heterocycles. The van der Waals surface area contributed by atoms with Crippen LogP contribution in [0.2, 0.25) is 0 Å². The number of pyridine rings is 1. The van der Waals surface area contributed by atoms with Crippen LogP contribution in [0.25, 0.3) is 22.4 Å². The molecule has 34 heavy (non-hydrogen) atoms. The lowest BCUT2D eigenvalue weighted by Gasteiger charge is -2.09. The molecule has 7 nitrogen and oxygen atoms in total. The van der Waals surface area contributed by atoms with Crippen molar-refractivity contribution >= 4 is 16.8 Å². The fourth-order valence-electron chi connectivity index (χ4n) is 3.47. The third kappa shape index (κ3) is 4.29. The number of aromatic hydroxyl groups is 1. The summed E-state index contributed by atoms with van der Waals surface area (Å²) in [4.78, 5) is 20.4. The number of hydrogen-bond acceptors (Lipinski definition) is 6. The fraction of sp³-hybridized carbons (Fsp3) is 0.174. The van der Waals surface area contributed by atoms with Crippen LogP contribution >= 0.6 is 0 Å². The van der Waals surface area contributed by atoms with Gasteiger partial charge in [0.15, 0.2) is 11.5 Å². The molecule has 11 heteroatoms. The molecule has 4 N–H and O–H groups in total. The molecular formula is C23H18F4N4O3. The highest BCUT2D eigenvalue weighted by Gasteiger charge is 2.33. The van der Waals surface area contributed by atoms with E-state index in [0.717, 1.165) is 18.2 Å². The fourth-order valence-corrected chi connectivity index (χ4v) is 3.47. The first-order valence-electron chi connectivity index (χ1n) is 10.0. The van der Waals surface area contributed by atoms with Gasteiger partial charge in [0.1, 0.15) is 22.8 Å². The van der Waals surface area contributed by atoms with E-state index in [1.807, 2.05) is 0 Å². The number of benzene rings is 2. The third-order valence-corrected chi connectivity index (χ3v) is 5.23. The van der Waals surface area contributed by atoms with E-state index >= 15 is 0 Å². The van der Waals surface area contributed by atoms with Gasteiger partial charge < -0.3 is 20.6 Å². The summed E-state index contributed by atoms with van der Waals surface area (Å²) in [7, 11) is 0. The van der Waals surface area contributed by atoms with Crippen LogP contribution in [-0.4, -0.2) is 21.0 Å². The van der Waals surface area contributed by atoms with E-state index in [2.05, 4.69) is 15.3 Å². The number of hydrogen-bond donors (Lipinski definition) is 3. The average Bonchev–Trinajstić information content (AvgIpc) is 3.22. The third-order valence-electron chi connectivity index (χ3n) is 5.23. The van der Waals surface area contributed by atoms with Crippen LogP contribution in [0.1, 0.15) is 33.1 Å². The van der Waals surface area contributed by atoms with Crippen LogP contribution in [0.5, 0.6) is 5.75 Å². The normalized spacial score (nSPS) is 11.7. The standard InChI is InChI=1S/C23H18F4N4O3/c1-11-3-2-4-15(24)14(11)10-29-21(33)20-17(9-28)34-22(31-20)13-5-7-16(32)19-12(13)6-8-18(30-19)23(25,26)27/h2-8,32H,9-10,28H2,1H3,(H,29,33). The Morgan fingerprint density at radius 1 is 1.15 bits per heavy atom. The Kier molecular flexibility index (Phi) is 5.96. The lowest BCUT2D eigenvalue weighted by Crippen LogP contribution is -2.25. The van der Waals surface area contributed by atoms with Gasteiger partial charge in [-0.1, -0.05) is 12.1 Å². The number of aromatic nitrogens is 2. The SMILES string of the molecule is Cc1cccc(F)c1CNC(=O)c1nc(-c2ccc(O)c3nc(C(F)(F)F)ccc23)oc1CN. The molecule has 0 unspecified atom stereocenters. The number of amides is 1. The Labute approximate surface area is 190 Å². The van der Waals surface area contributed by atoms with E-state index < -0.39 is 29.3 Å². The summed E-state index contributed by atoms with van der Waals surface area (Å²) in [5, 5.41) is 12.8. The Morgan fingerprint density at radius 3 is 2.59 bits per heavy atom. The van der Waals surface area contributed by atoms with E-state index in [1.165, 1.54) is 12.1 Å². The number of aryl methyl sites for hydroxylation is 1. The molecule has 0 saturated carbocycles. The van der Waals surface area contributed by atoms with Crippen molar-refractivity contribution in [3.8, 4) is 17.2 Å². The molecule has 176 valence electrons. The van der Waals surface area contributed by atoms with Crippen molar-refractivity contribution < 1.29 is 31.9 Å². The summed E-state index contributed by atoms with van der Waals surface area (Å²) in [5.74, 6) is -1.67. The molecule has 1 amide bonds. The van der Waals surface area contributed by atoms with Gasteiger partial charge in [-0.25, -0.2) is 14.4 Å². The molecule has 0 bridgehead atoms. The number of halogens is 4. The number of phenolic OH excluding ortho intramolecular Hbond substituents is 1. The first kappa shape index (κ1) is 23.2. The minimum atomic E-state index is -4.70. The molecule has 2 heterocycles. The molecule has 4 rings (SSSR count). The molecule has 4 aromatic rings. The number of nitrogens with one attached hydrogen (secondary N) is 1. The monoisotopic (exact) mass is 474 g/mol. The predicted molar refractivity (Wildman–Crippen MR) is 114 cm³/mol. The quantitative estimate of drug-likeness (QED) is 0.368. The van der Waals surface area contributed by atoms with Crippen molar-refractivity contribution in [2.24, 2.45) is 5.73 Å². The zero-order chi connectivity index (χ0) is 24.6. The Bertz CT molecular complexity index is 1380. The molecule has 0 aliphatic carbocycles. The number of oxazole rings is 1. The number of rotatable bonds is 5. The predicted octanol–water partition coefficient (Wildman–Crippen LogP) is 4.45. The Hall–Kier alpha value is -3.99. The lowest BCUT2D eigenvalue weighted by molar-refractivity contribution is -0.140. The maximum atomic E-state index is 14.1. The number of nitrogens with two attached hydrogens (primary N) is 1. The van der Waals surface area contributed by atoms with E-state index in [-0.39, 0.29) is 46.9 Å². The summed E-state index contributed by atoms with van der Waals surface area (Å²) in [6, 6.07) is 8.97. The van der Waals surface area contributed by atoms with Crippen LogP contribution in [0.15, 0.2) is 46.9 Å². The van der Waals surface area contributed by atoms with Gasteiger partial charge in [-0.05, 0) is 42.8 Å². The molecule has 2 aromatic carbocycles. The minimum Gasteiger partial charge on any atom is -0.506 e. The highest BCUT2D eigenvalue weighted by atomic mass is 19.4. The number of fused-ring (bicyclic) bond motifs is 1. The van der Waals surface area contributed by atoms with Gasteiger partial charge in [0.25, 0.3) is 5.91 Å². The van der Waals surface area contributed by atoms with E-state index in [0.29, 0.717) is 11.1 Å². The summed E-state index contributed by atoms with van der Waals surface area (Å²) < 4.78 is 58.8. The molecule has 0 saturated heterocycles. The average molecular weight is 474 g/mol. The van der Waals surface area contributed by atoms with Crippen molar-refractivity contribution in [2.75, 3.05) is 0 Å². The number of carbonyl (C=O) groups is 1. The maximum Gasteiger partial charge on any atom is 0.433 e. The summed E-state index contributed by atoms with van der Waals surface area (Å²) in [5.41, 5.74) is 5.23. The summed E-state index contributed by atoms with van der Waals surface area (Å²) in [6.07, 6.45) is -4.70. The van der Waals surface area contributed by atoms with Crippen LogP contribution < -0.4 is 11.1 Å². The Morgan fingerprint density at radius 2 is 1.91 bits per heavy atom. The minimum absolute atomic E-state index is 0.0267. The first-order valence-corrected chi connectivity index (χ1v) is 10.0. The van der Waals surface area contributed by atoms with Gasteiger partial charge in [-0.3, -0.25) is 4.79 Å². The first-order chi connectivity index (χ1) is 16.1. The van der Waals surface area contributed by atoms with E-state index in [4.69, 9.17) is 10.2 Å². The van der Waals surface area contributed by atoms with Crippen molar-refractivity contribution in [1.82, 2.24) is 15.3 Å². The second-order valence-electron chi connectivity index (χ2n) is 7.44. The maximum absolute atomic E-state index is 14.1. The van der Waals surface area contributed by atoms with Crippen LogP contribution in [0, 0.1) is 12.7 Å². The highest BCUT2D eigenvalue weighted by Crippen LogP contribution is 2.36. The van der Waals surface area contributed by atoms with Crippen LogP contribution in [0.3, 0.4) is 0 Å². The molecule has 0 atom stereocenters. The number of alkyl halides is 3. The molecule has 2 aromatic heterocycles.